The molecule has 0 atom stereocenters. The summed E-state index contributed by atoms with van der Waals surface area (Å²) in [6.07, 6.45) is 4.69. The van der Waals surface area contributed by atoms with Crippen molar-refractivity contribution in [3.63, 3.8) is 0 Å². The summed E-state index contributed by atoms with van der Waals surface area (Å²) >= 11 is 15.4. The molecule has 1 amide bonds. The van der Waals surface area contributed by atoms with Crippen LogP contribution in [-0.2, 0) is 9.59 Å². The number of amides is 1. The van der Waals surface area contributed by atoms with Crippen molar-refractivity contribution in [2.75, 3.05) is 5.75 Å². The molecule has 0 saturated carbocycles. The molecule has 1 aliphatic heterocycles. The third-order valence-electron chi connectivity index (χ3n) is 4.26. The molecular formula is C18H9Cl2N3O5S3. The molecule has 0 bridgehead atoms. The number of halogens is 2. The lowest BCUT2D eigenvalue weighted by atomic mass is 9.98. The van der Waals surface area contributed by atoms with E-state index >= 15 is 0 Å². The summed E-state index contributed by atoms with van der Waals surface area (Å²) in [6.45, 7) is 0. The predicted molar refractivity (Wildman–Crippen MR) is 119 cm³/mol. The van der Waals surface area contributed by atoms with E-state index in [0.717, 1.165) is 29.2 Å². The van der Waals surface area contributed by atoms with Crippen molar-refractivity contribution in [2.45, 2.75) is 15.5 Å². The van der Waals surface area contributed by atoms with Gasteiger partial charge in [0.1, 0.15) is 9.09 Å². The van der Waals surface area contributed by atoms with Gasteiger partial charge in [-0.15, -0.1) is 23.1 Å². The number of thiophene rings is 1. The van der Waals surface area contributed by atoms with Crippen molar-refractivity contribution in [1.29, 1.82) is 0 Å². The number of hydrogen-bond acceptors (Lipinski definition) is 9. The fourth-order valence-corrected chi connectivity index (χ4v) is 6.68. The van der Waals surface area contributed by atoms with E-state index in [-0.39, 0.29) is 30.5 Å². The number of nitro groups is 1. The highest BCUT2D eigenvalue weighted by molar-refractivity contribution is 8.03. The fraction of sp³-hybridized carbons (Fsp3) is 0.111. The molecule has 1 aliphatic carbocycles. The highest BCUT2D eigenvalue weighted by atomic mass is 35.5. The van der Waals surface area contributed by atoms with Gasteiger partial charge in [-0.05, 0) is 12.5 Å². The van der Waals surface area contributed by atoms with Crippen LogP contribution >= 0.6 is 58.1 Å². The molecule has 4 rings (SSSR count). The second kappa shape index (κ2) is 8.75. The van der Waals surface area contributed by atoms with Gasteiger partial charge in [0.25, 0.3) is 11.6 Å². The minimum atomic E-state index is -0.800. The normalized spacial score (nSPS) is 15.7. The summed E-state index contributed by atoms with van der Waals surface area (Å²) in [5, 5.41) is 14.3. The van der Waals surface area contributed by atoms with Gasteiger partial charge in [0.05, 0.1) is 25.6 Å². The van der Waals surface area contributed by atoms with Gasteiger partial charge in [-0.2, -0.15) is 0 Å². The number of aromatic nitrogens is 1. The molecule has 31 heavy (non-hydrogen) atoms. The summed E-state index contributed by atoms with van der Waals surface area (Å²) in [5.74, 6) is -1.47. The van der Waals surface area contributed by atoms with Gasteiger partial charge in [0.2, 0.25) is 11.6 Å². The highest BCUT2D eigenvalue weighted by Gasteiger charge is 2.34. The zero-order chi connectivity index (χ0) is 22.3. The van der Waals surface area contributed by atoms with E-state index in [9.17, 15) is 24.5 Å². The van der Waals surface area contributed by atoms with Crippen molar-refractivity contribution in [3.8, 4) is 0 Å². The van der Waals surface area contributed by atoms with E-state index in [1.54, 1.807) is 0 Å². The van der Waals surface area contributed by atoms with Crippen molar-refractivity contribution >= 4 is 81.2 Å². The molecule has 0 radical (unpaired) electrons. The number of ketones is 2. The predicted octanol–water partition coefficient (Wildman–Crippen LogP) is 4.67. The maximum Gasteiger partial charge on any atom is 0.294 e. The van der Waals surface area contributed by atoms with Crippen LogP contribution in [-0.4, -0.2) is 33.1 Å². The lowest BCUT2D eigenvalue weighted by molar-refractivity contribution is -0.387. The largest absolute Gasteiger partial charge is 0.318 e. The van der Waals surface area contributed by atoms with E-state index in [2.05, 4.69) is 10.3 Å². The molecule has 1 N–H and O–H groups in total. The Balaban J connectivity index is 1.62. The summed E-state index contributed by atoms with van der Waals surface area (Å²) in [5.41, 5.74) is 0.0126. The number of nitrogens with zero attached hydrogens (tertiary/aromatic N) is 2. The third kappa shape index (κ3) is 4.28. The van der Waals surface area contributed by atoms with Gasteiger partial charge < -0.3 is 5.32 Å². The fourth-order valence-electron chi connectivity index (χ4n) is 2.83. The van der Waals surface area contributed by atoms with Crippen LogP contribution in [0.1, 0.15) is 16.1 Å². The molecule has 0 spiro atoms. The molecule has 2 aromatic rings. The SMILES string of the molecule is O=C1C(=O)C2=C(C=C1NC(=O)c1cc([N+](=O)[O-])c(Sc3c(Cl)cncc3Cl)s1)SCC2. The minimum Gasteiger partial charge on any atom is -0.318 e. The summed E-state index contributed by atoms with van der Waals surface area (Å²) in [7, 11) is 0. The number of carbonyl (C=O) groups excluding carboxylic acids is 3. The zero-order valence-corrected chi connectivity index (χ0v) is 19.1. The number of allylic oxidation sites excluding steroid dienone is 3. The standard InChI is InChI=1S/C18H9Cl2N3O5S3/c19-8-5-21-6-9(20)16(8)31-18-11(23(27)28)4-13(30-18)17(26)22-10-3-12-7(1-2-29-12)14(24)15(10)25/h3-6H,1-2H2,(H,22,26). The van der Waals surface area contributed by atoms with E-state index < -0.39 is 22.4 Å². The maximum absolute atomic E-state index is 12.7. The molecule has 3 heterocycles. The minimum absolute atomic E-state index is 0.00417. The second-order valence-electron chi connectivity index (χ2n) is 6.19. The Bertz CT molecular complexity index is 1220. The molecule has 158 valence electrons. The number of pyridine rings is 1. The molecule has 13 heteroatoms. The third-order valence-corrected chi connectivity index (χ3v) is 8.60. The van der Waals surface area contributed by atoms with E-state index in [1.807, 2.05) is 0 Å². The Kier molecular flexibility index (Phi) is 6.22. The molecule has 0 aromatic carbocycles. The quantitative estimate of drug-likeness (QED) is 0.265. The smallest absolute Gasteiger partial charge is 0.294 e. The van der Waals surface area contributed by atoms with Gasteiger partial charge >= 0.3 is 0 Å². The highest BCUT2D eigenvalue weighted by Crippen LogP contribution is 2.45. The summed E-state index contributed by atoms with van der Waals surface area (Å²) < 4.78 is 0.182. The molecular weight excluding hydrogens is 505 g/mol. The average molecular weight is 514 g/mol. The van der Waals surface area contributed by atoms with Crippen molar-refractivity contribution < 1.29 is 19.3 Å². The van der Waals surface area contributed by atoms with Gasteiger partial charge in [0, 0.05) is 34.7 Å². The molecule has 2 aliphatic rings. The lowest BCUT2D eigenvalue weighted by Crippen LogP contribution is -2.33. The Hall–Kier alpha value is -2.18. The Morgan fingerprint density at radius 2 is 1.94 bits per heavy atom. The number of Topliss-reactive ketones (excluding diaryl/α,β-unsaturated/α-hetero) is 2. The lowest BCUT2D eigenvalue weighted by Gasteiger charge is -2.13. The molecule has 2 aromatic heterocycles. The number of hydrogen-bond donors (Lipinski definition) is 1. The first-order chi connectivity index (χ1) is 14.8. The molecule has 0 fully saturated rings. The van der Waals surface area contributed by atoms with Crippen LogP contribution in [0.15, 0.2) is 49.8 Å². The Morgan fingerprint density at radius 3 is 2.61 bits per heavy atom. The van der Waals surface area contributed by atoms with Gasteiger partial charge in [-0.1, -0.05) is 35.0 Å². The number of nitrogens with one attached hydrogen (secondary N) is 1. The molecule has 0 saturated heterocycles. The first-order valence-electron chi connectivity index (χ1n) is 8.49. The molecule has 8 nitrogen and oxygen atoms in total. The number of rotatable bonds is 5. The van der Waals surface area contributed by atoms with Crippen LogP contribution in [0, 0.1) is 10.1 Å². The summed E-state index contributed by atoms with van der Waals surface area (Å²) in [6, 6.07) is 1.11. The van der Waals surface area contributed by atoms with Crippen LogP contribution in [0.25, 0.3) is 0 Å². The summed E-state index contributed by atoms with van der Waals surface area (Å²) in [4.78, 5) is 53.0. The van der Waals surface area contributed by atoms with Crippen molar-refractivity contribution in [1.82, 2.24) is 10.3 Å². The number of carbonyl (C=O) groups is 3. The van der Waals surface area contributed by atoms with Gasteiger partial charge in [-0.3, -0.25) is 29.5 Å². The van der Waals surface area contributed by atoms with E-state index in [4.69, 9.17) is 23.2 Å². The second-order valence-corrected chi connectivity index (χ2v) is 10.5. The van der Waals surface area contributed by atoms with Gasteiger partial charge in [0.15, 0.2) is 0 Å². The first kappa shape index (κ1) is 22.0. The van der Waals surface area contributed by atoms with E-state index in [0.29, 0.717) is 27.5 Å². The Labute approximate surface area is 197 Å². The van der Waals surface area contributed by atoms with Crippen molar-refractivity contribution in [3.05, 3.63) is 65.7 Å². The maximum atomic E-state index is 12.7. The average Bonchev–Trinajstić information content (AvgIpc) is 3.36. The monoisotopic (exact) mass is 513 g/mol. The van der Waals surface area contributed by atoms with Crippen LogP contribution in [0.5, 0.6) is 0 Å². The first-order valence-corrected chi connectivity index (χ1v) is 11.9. The zero-order valence-electron chi connectivity index (χ0n) is 15.1. The number of thioether (sulfide) groups is 1. The Morgan fingerprint density at radius 1 is 1.23 bits per heavy atom. The van der Waals surface area contributed by atoms with Crippen LogP contribution in [0.2, 0.25) is 10.0 Å². The topological polar surface area (TPSA) is 119 Å². The van der Waals surface area contributed by atoms with Crippen molar-refractivity contribution in [2.24, 2.45) is 0 Å². The van der Waals surface area contributed by atoms with Crippen LogP contribution in [0.4, 0.5) is 5.69 Å². The van der Waals surface area contributed by atoms with Crippen LogP contribution in [0.3, 0.4) is 0 Å². The van der Waals surface area contributed by atoms with E-state index in [1.165, 1.54) is 30.2 Å². The van der Waals surface area contributed by atoms with Crippen LogP contribution < -0.4 is 5.32 Å². The molecule has 0 unspecified atom stereocenters. The van der Waals surface area contributed by atoms with Gasteiger partial charge in [-0.25, -0.2) is 0 Å².